The molecule has 2 aromatic rings. The summed E-state index contributed by atoms with van der Waals surface area (Å²) in [6, 6.07) is 15.3. The van der Waals surface area contributed by atoms with Gasteiger partial charge < -0.3 is 5.11 Å². The Morgan fingerprint density at radius 1 is 1.16 bits per heavy atom. The first-order chi connectivity index (χ1) is 9.06. The van der Waals surface area contributed by atoms with Crippen molar-refractivity contribution in [2.75, 3.05) is 0 Å². The summed E-state index contributed by atoms with van der Waals surface area (Å²) in [5, 5.41) is 9.72. The maximum Gasteiger partial charge on any atom is 0.304 e. The first-order valence-corrected chi connectivity index (χ1v) is 6.48. The molecule has 0 aliphatic rings. The number of rotatable bonds is 4. The Hall–Kier alpha value is -1.80. The highest BCUT2D eigenvalue weighted by Gasteiger charge is 2.17. The van der Waals surface area contributed by atoms with E-state index in [1.165, 1.54) is 0 Å². The van der Waals surface area contributed by atoms with Crippen molar-refractivity contribution in [3.8, 4) is 0 Å². The second-order valence-electron chi connectivity index (χ2n) is 4.62. The SMILES string of the molecule is Cc1ccc(C(CC(=O)O)c2cccc(Cl)c2)cc1. The van der Waals surface area contributed by atoms with Gasteiger partial charge in [-0.1, -0.05) is 53.6 Å². The van der Waals surface area contributed by atoms with Crippen molar-refractivity contribution < 1.29 is 9.90 Å². The van der Waals surface area contributed by atoms with Crippen LogP contribution < -0.4 is 0 Å². The lowest BCUT2D eigenvalue weighted by Crippen LogP contribution is -2.08. The third-order valence-electron chi connectivity index (χ3n) is 3.11. The topological polar surface area (TPSA) is 37.3 Å². The van der Waals surface area contributed by atoms with Crippen LogP contribution in [0.15, 0.2) is 48.5 Å². The fourth-order valence-corrected chi connectivity index (χ4v) is 2.32. The zero-order chi connectivity index (χ0) is 13.8. The normalized spacial score (nSPS) is 12.1. The molecule has 0 amide bonds. The van der Waals surface area contributed by atoms with E-state index in [9.17, 15) is 4.79 Å². The minimum atomic E-state index is -0.814. The summed E-state index contributed by atoms with van der Waals surface area (Å²) >= 11 is 5.99. The third-order valence-corrected chi connectivity index (χ3v) is 3.34. The van der Waals surface area contributed by atoms with Crippen LogP contribution in [-0.2, 0) is 4.79 Å². The average molecular weight is 275 g/mol. The Morgan fingerprint density at radius 3 is 2.42 bits per heavy atom. The first kappa shape index (κ1) is 13.6. The van der Waals surface area contributed by atoms with Crippen LogP contribution in [0.5, 0.6) is 0 Å². The van der Waals surface area contributed by atoms with E-state index in [1.807, 2.05) is 49.4 Å². The molecule has 1 unspecified atom stereocenters. The van der Waals surface area contributed by atoms with E-state index in [0.717, 1.165) is 16.7 Å². The van der Waals surface area contributed by atoms with Gasteiger partial charge in [-0.3, -0.25) is 4.79 Å². The van der Waals surface area contributed by atoms with Gasteiger partial charge in [0.1, 0.15) is 0 Å². The van der Waals surface area contributed by atoms with Crippen LogP contribution in [0.4, 0.5) is 0 Å². The molecule has 0 aromatic heterocycles. The monoisotopic (exact) mass is 274 g/mol. The largest absolute Gasteiger partial charge is 0.481 e. The van der Waals surface area contributed by atoms with Crippen molar-refractivity contribution in [2.45, 2.75) is 19.3 Å². The summed E-state index contributed by atoms with van der Waals surface area (Å²) in [4.78, 5) is 11.1. The number of benzene rings is 2. The van der Waals surface area contributed by atoms with E-state index in [0.29, 0.717) is 5.02 Å². The maximum absolute atomic E-state index is 11.1. The lowest BCUT2D eigenvalue weighted by atomic mass is 9.88. The van der Waals surface area contributed by atoms with Gasteiger partial charge in [0.15, 0.2) is 0 Å². The van der Waals surface area contributed by atoms with E-state index < -0.39 is 5.97 Å². The van der Waals surface area contributed by atoms with Gasteiger partial charge in [0.25, 0.3) is 0 Å². The Labute approximate surface area is 117 Å². The quantitative estimate of drug-likeness (QED) is 0.905. The smallest absolute Gasteiger partial charge is 0.304 e. The van der Waals surface area contributed by atoms with Crippen molar-refractivity contribution in [1.82, 2.24) is 0 Å². The fourth-order valence-electron chi connectivity index (χ4n) is 2.12. The van der Waals surface area contributed by atoms with Gasteiger partial charge in [-0.2, -0.15) is 0 Å². The molecule has 0 saturated carbocycles. The van der Waals surface area contributed by atoms with E-state index in [2.05, 4.69) is 0 Å². The summed E-state index contributed by atoms with van der Waals surface area (Å²) in [5.74, 6) is -0.984. The van der Waals surface area contributed by atoms with Crippen LogP contribution in [0, 0.1) is 6.92 Å². The Morgan fingerprint density at radius 2 is 1.84 bits per heavy atom. The summed E-state index contributed by atoms with van der Waals surface area (Å²) in [5.41, 5.74) is 3.08. The van der Waals surface area contributed by atoms with Gasteiger partial charge in [-0.05, 0) is 30.2 Å². The van der Waals surface area contributed by atoms with Crippen LogP contribution in [0.2, 0.25) is 5.02 Å². The molecule has 1 atom stereocenters. The summed E-state index contributed by atoms with van der Waals surface area (Å²) < 4.78 is 0. The molecule has 0 saturated heterocycles. The summed E-state index contributed by atoms with van der Waals surface area (Å²) in [6.07, 6.45) is 0.0589. The van der Waals surface area contributed by atoms with Gasteiger partial charge >= 0.3 is 5.97 Å². The molecule has 3 heteroatoms. The Balaban J connectivity index is 2.40. The molecule has 19 heavy (non-hydrogen) atoms. The zero-order valence-electron chi connectivity index (χ0n) is 10.6. The molecule has 0 fully saturated rings. The number of carbonyl (C=O) groups is 1. The average Bonchev–Trinajstić information content (AvgIpc) is 2.37. The molecule has 0 heterocycles. The maximum atomic E-state index is 11.1. The van der Waals surface area contributed by atoms with Crippen LogP contribution in [0.25, 0.3) is 0 Å². The van der Waals surface area contributed by atoms with Gasteiger partial charge in [-0.15, -0.1) is 0 Å². The second-order valence-corrected chi connectivity index (χ2v) is 5.05. The number of halogens is 1. The fraction of sp³-hybridized carbons (Fsp3) is 0.188. The van der Waals surface area contributed by atoms with E-state index in [1.54, 1.807) is 6.07 Å². The highest BCUT2D eigenvalue weighted by molar-refractivity contribution is 6.30. The minimum absolute atomic E-state index is 0.0589. The molecule has 0 aliphatic carbocycles. The van der Waals surface area contributed by atoms with Crippen LogP contribution in [0.1, 0.15) is 29.0 Å². The molecule has 2 nitrogen and oxygen atoms in total. The lowest BCUT2D eigenvalue weighted by molar-refractivity contribution is -0.137. The van der Waals surface area contributed by atoms with Gasteiger partial charge in [0.05, 0.1) is 6.42 Å². The second kappa shape index (κ2) is 5.89. The predicted octanol–water partition coefficient (Wildman–Crippen LogP) is 4.26. The lowest BCUT2D eigenvalue weighted by Gasteiger charge is -2.16. The highest BCUT2D eigenvalue weighted by Crippen LogP contribution is 2.29. The first-order valence-electron chi connectivity index (χ1n) is 6.10. The zero-order valence-corrected chi connectivity index (χ0v) is 11.4. The molecule has 2 aromatic carbocycles. The van der Waals surface area contributed by atoms with Crippen molar-refractivity contribution in [1.29, 1.82) is 0 Å². The van der Waals surface area contributed by atoms with E-state index >= 15 is 0 Å². The van der Waals surface area contributed by atoms with Crippen LogP contribution >= 0.6 is 11.6 Å². The van der Waals surface area contributed by atoms with E-state index in [-0.39, 0.29) is 12.3 Å². The van der Waals surface area contributed by atoms with Crippen LogP contribution in [0.3, 0.4) is 0 Å². The Bertz CT molecular complexity index is 576. The summed E-state index contributed by atoms with van der Waals surface area (Å²) in [6.45, 7) is 2.01. The molecule has 0 radical (unpaired) electrons. The molecule has 98 valence electrons. The summed E-state index contributed by atoms with van der Waals surface area (Å²) in [7, 11) is 0. The molecular formula is C16H15ClO2. The number of hydrogen-bond donors (Lipinski definition) is 1. The number of carboxylic acid groups (broad SMARTS) is 1. The van der Waals surface area contributed by atoms with Gasteiger partial charge in [0.2, 0.25) is 0 Å². The van der Waals surface area contributed by atoms with Gasteiger partial charge in [-0.25, -0.2) is 0 Å². The van der Waals surface area contributed by atoms with Crippen LogP contribution in [-0.4, -0.2) is 11.1 Å². The molecule has 1 N–H and O–H groups in total. The molecule has 2 rings (SSSR count). The van der Waals surface area contributed by atoms with Crippen molar-refractivity contribution in [2.24, 2.45) is 0 Å². The molecule has 0 aliphatic heterocycles. The number of aryl methyl sites for hydroxylation is 1. The number of hydrogen-bond acceptors (Lipinski definition) is 1. The minimum Gasteiger partial charge on any atom is -0.481 e. The van der Waals surface area contributed by atoms with Crippen molar-refractivity contribution in [3.05, 3.63) is 70.2 Å². The molecule has 0 spiro atoms. The third kappa shape index (κ3) is 3.58. The number of aliphatic carboxylic acids is 1. The Kier molecular flexibility index (Phi) is 4.23. The molecular weight excluding hydrogens is 260 g/mol. The standard InChI is InChI=1S/C16H15ClO2/c1-11-5-7-12(8-6-11)15(10-16(18)19)13-3-2-4-14(17)9-13/h2-9,15H,10H2,1H3,(H,18,19). The molecule has 0 bridgehead atoms. The van der Waals surface area contributed by atoms with E-state index in [4.69, 9.17) is 16.7 Å². The predicted molar refractivity (Wildman–Crippen MR) is 76.7 cm³/mol. The van der Waals surface area contributed by atoms with Crippen molar-refractivity contribution >= 4 is 17.6 Å². The number of carboxylic acids is 1. The highest BCUT2D eigenvalue weighted by atomic mass is 35.5. The van der Waals surface area contributed by atoms with Crippen molar-refractivity contribution in [3.63, 3.8) is 0 Å². The van der Waals surface area contributed by atoms with Gasteiger partial charge in [0, 0.05) is 10.9 Å².